The van der Waals surface area contributed by atoms with Gasteiger partial charge in [0.25, 0.3) is 0 Å². The van der Waals surface area contributed by atoms with E-state index in [0.29, 0.717) is 5.95 Å². The Bertz CT molecular complexity index is 9190. The van der Waals surface area contributed by atoms with Crippen LogP contribution in [0.3, 0.4) is 0 Å². The lowest BCUT2D eigenvalue weighted by Gasteiger charge is -2.34. The minimum atomic E-state index is -0.531. The van der Waals surface area contributed by atoms with E-state index in [2.05, 4.69) is 455 Å². The normalized spacial score (nSPS) is 13.2. The quantitative estimate of drug-likeness (QED) is 0.121. The van der Waals surface area contributed by atoms with E-state index < -0.39 is 10.8 Å². The van der Waals surface area contributed by atoms with Crippen molar-refractivity contribution in [1.82, 2.24) is 28.2 Å². The first-order chi connectivity index (χ1) is 64.0. The summed E-state index contributed by atoms with van der Waals surface area (Å²) in [7, 11) is 0. The fourth-order valence-electron chi connectivity index (χ4n) is 23.1. The fourth-order valence-corrected chi connectivity index (χ4v) is 23.1. The van der Waals surface area contributed by atoms with Gasteiger partial charge in [-0.1, -0.05) is 309 Å². The number of hydrogen-bond acceptors (Lipinski definition) is 3. The van der Waals surface area contributed by atoms with Crippen LogP contribution < -0.4 is 0 Å². The maximum absolute atomic E-state index is 6.52. The van der Waals surface area contributed by atoms with Gasteiger partial charge in [0.2, 0.25) is 5.95 Å². The van der Waals surface area contributed by atoms with Crippen LogP contribution in [0.2, 0.25) is 0 Å². The minimum Gasteiger partial charge on any atom is -0.456 e. The van der Waals surface area contributed by atoms with Crippen molar-refractivity contribution >= 4 is 131 Å². The van der Waals surface area contributed by atoms with Crippen LogP contribution in [0.1, 0.15) is 44.5 Å². The molecule has 0 bridgehead atoms. The monoisotopic (exact) mass is 1640 g/mol. The van der Waals surface area contributed by atoms with Gasteiger partial charge in [-0.2, -0.15) is 0 Å². The molecule has 0 atom stereocenters. The average molecular weight is 1640 g/mol. The van der Waals surface area contributed by atoms with Gasteiger partial charge in [-0.3, -0.25) is 4.57 Å². The number of fused-ring (bicyclic) bond motifs is 24. The van der Waals surface area contributed by atoms with Crippen molar-refractivity contribution in [3.8, 4) is 78.8 Å². The highest BCUT2D eigenvalue weighted by Gasteiger charge is 2.48. The molecule has 0 fully saturated rings. The van der Waals surface area contributed by atoms with E-state index in [1.54, 1.807) is 0 Å². The van der Waals surface area contributed by atoms with Gasteiger partial charge in [0.1, 0.15) is 11.2 Å². The lowest BCUT2D eigenvalue weighted by molar-refractivity contribution is 0.669. The number of aromatic nitrogens is 6. The van der Waals surface area contributed by atoms with E-state index in [4.69, 9.17) is 14.4 Å². The van der Waals surface area contributed by atoms with Gasteiger partial charge in [-0.25, -0.2) is 9.97 Å². The predicted octanol–water partition coefficient (Wildman–Crippen LogP) is 30.8. The molecule has 0 amide bonds. The molecule has 0 aliphatic heterocycles. The van der Waals surface area contributed by atoms with E-state index >= 15 is 0 Å². The summed E-state index contributed by atoms with van der Waals surface area (Å²) in [5.74, 6) is 0.590. The highest BCUT2D eigenvalue weighted by Crippen LogP contribution is 2.59. The number of furan rings is 1. The van der Waals surface area contributed by atoms with E-state index in [0.717, 1.165) is 144 Å². The highest BCUT2D eigenvalue weighted by atomic mass is 16.3. The molecular weight excluding hydrogens is 1570 g/mol. The Balaban J connectivity index is 0.555. The third-order valence-electron chi connectivity index (χ3n) is 28.5. The van der Waals surface area contributed by atoms with Gasteiger partial charge in [0.15, 0.2) is 0 Å². The summed E-state index contributed by atoms with van der Waals surface area (Å²) in [6.07, 6.45) is 0. The van der Waals surface area contributed by atoms with Crippen molar-refractivity contribution in [2.45, 2.75) is 10.8 Å². The zero-order valence-corrected chi connectivity index (χ0v) is 69.8. The molecule has 6 aromatic heterocycles. The molecule has 0 unspecified atom stereocenters. The molecule has 2 aliphatic carbocycles. The molecule has 0 saturated carbocycles. The SMILES string of the molecule is c1ccc(C2(c3ccccc3)c3ccccc3-c3ccc(-n4c5ccccc5c5cc(-c6ccc7c(c6)c6ccccc6n7-c6ccc7c(ccc8nc(-n9c%10ccccc%10c%10cc(-c%11ccc%12c(c%11)c%11ccccc%11n%12-c%11ccc%12c(c%11)C(c%11ccccc%11)(c%11ccccc%11)c%11ccccc%11-%12)ccc%109)nc(-c9ccc%10oc%11ccccc%11c%10c9)c87)c6)ccc54)cc32)cc1. The second-order valence-corrected chi connectivity index (χ2v) is 34.9. The number of rotatable bonds is 11. The van der Waals surface area contributed by atoms with Gasteiger partial charge in [0, 0.05) is 81.9 Å². The molecule has 28 rings (SSSR count). The molecule has 0 spiro atoms. The van der Waals surface area contributed by atoms with E-state index in [9.17, 15) is 0 Å². The minimum absolute atomic E-state index is 0.523. The summed E-state index contributed by atoms with van der Waals surface area (Å²) in [5.41, 5.74) is 35.3. The van der Waals surface area contributed by atoms with Crippen molar-refractivity contribution in [1.29, 1.82) is 0 Å². The van der Waals surface area contributed by atoms with Crippen molar-refractivity contribution in [3.05, 3.63) is 493 Å². The molecule has 6 heterocycles. The first kappa shape index (κ1) is 71.4. The molecule has 0 radical (unpaired) electrons. The molecule has 7 heteroatoms. The second kappa shape index (κ2) is 27.3. The molecule has 26 aromatic rings. The molecule has 2 aliphatic rings. The molecule has 0 N–H and O–H groups in total. The second-order valence-electron chi connectivity index (χ2n) is 34.9. The predicted molar refractivity (Wildman–Crippen MR) is 533 cm³/mol. The number of benzene rings is 20. The van der Waals surface area contributed by atoms with Gasteiger partial charge in [-0.15, -0.1) is 0 Å². The van der Waals surface area contributed by atoms with Gasteiger partial charge in [-0.05, 0) is 239 Å². The van der Waals surface area contributed by atoms with Crippen molar-refractivity contribution < 1.29 is 4.42 Å². The van der Waals surface area contributed by atoms with Crippen LogP contribution in [0.25, 0.3) is 210 Å². The van der Waals surface area contributed by atoms with Crippen LogP contribution in [-0.4, -0.2) is 28.2 Å². The van der Waals surface area contributed by atoms with Crippen LogP contribution in [0.4, 0.5) is 0 Å². The summed E-state index contributed by atoms with van der Waals surface area (Å²) in [6.45, 7) is 0. The molecule has 0 saturated heterocycles. The Morgan fingerprint density at radius 3 is 1.00 bits per heavy atom. The van der Waals surface area contributed by atoms with Crippen LogP contribution >= 0.6 is 0 Å². The zero-order chi connectivity index (χ0) is 84.3. The Labute approximate surface area is 741 Å². The third-order valence-corrected chi connectivity index (χ3v) is 28.5. The lowest BCUT2D eigenvalue weighted by Crippen LogP contribution is -2.28. The van der Waals surface area contributed by atoms with E-state index in [-0.39, 0.29) is 0 Å². The Morgan fingerprint density at radius 2 is 0.543 bits per heavy atom. The average Bonchev–Trinajstić information content (AvgIpc) is 1.55. The van der Waals surface area contributed by atoms with E-state index in [1.807, 2.05) is 12.1 Å². The summed E-state index contributed by atoms with van der Waals surface area (Å²) >= 11 is 0. The molecule has 598 valence electrons. The smallest absolute Gasteiger partial charge is 0.235 e. The third kappa shape index (κ3) is 10.1. The number of para-hydroxylation sites is 5. The van der Waals surface area contributed by atoms with Crippen LogP contribution in [-0.2, 0) is 10.8 Å². The Morgan fingerprint density at radius 1 is 0.202 bits per heavy atom. The summed E-state index contributed by atoms with van der Waals surface area (Å²) in [6, 6.07) is 166. The summed E-state index contributed by atoms with van der Waals surface area (Å²) in [5, 5.41) is 14.6. The number of nitrogens with zero attached hydrogens (tertiary/aromatic N) is 6. The summed E-state index contributed by atoms with van der Waals surface area (Å²) < 4.78 is 16.2. The Kier molecular flexibility index (Phi) is 15.1. The van der Waals surface area contributed by atoms with Crippen LogP contribution in [0.5, 0.6) is 0 Å². The van der Waals surface area contributed by atoms with E-state index in [1.165, 1.54) is 105 Å². The maximum atomic E-state index is 6.52. The van der Waals surface area contributed by atoms with Crippen LogP contribution in [0.15, 0.2) is 453 Å². The number of hydrogen-bond donors (Lipinski definition) is 0. The first-order valence-electron chi connectivity index (χ1n) is 44.5. The highest BCUT2D eigenvalue weighted by molar-refractivity contribution is 6.18. The van der Waals surface area contributed by atoms with Gasteiger partial charge in [0.05, 0.1) is 66.2 Å². The van der Waals surface area contributed by atoms with Gasteiger partial charge < -0.3 is 18.1 Å². The van der Waals surface area contributed by atoms with Crippen LogP contribution in [0, 0.1) is 0 Å². The standard InChI is InChI=1S/C122H74N6O/c1-5-27-81(28-6-1)121(82-29-7-2-8-30-82)103-42-20-13-35-89(103)91-59-56-86(73-105(91)121)126-109-45-23-16-38-94(109)99-69-76(51-63-113(99)126)75-50-62-112-98(68-75)93-37-15-22-44-108(93)125(112)85-55-58-88-79(67-85)49-61-107-118(88)119(80-54-66-117-102(72-80)97-41-19-26-48-116(97)129-117)124-120(123-107)128-111-47-25-18-40-96(111)101-71-78(53-65-115(101)128)77-52-64-114-100(70-77)95-39-17-24-46-110(95)127(114)87-57-60-92-90-36-14-21-43-104(90)122(106(92)74-87,83-31-9-3-10-32-83)84-33-11-4-12-34-84/h1-74H. The topological polar surface area (TPSA) is 58.6 Å². The fraction of sp³-hybridized carbons (Fsp3) is 0.0164. The lowest BCUT2D eigenvalue weighted by atomic mass is 9.67. The Hall–Kier alpha value is -17.0. The zero-order valence-electron chi connectivity index (χ0n) is 69.8. The molecule has 7 nitrogen and oxygen atoms in total. The van der Waals surface area contributed by atoms with Crippen molar-refractivity contribution in [3.63, 3.8) is 0 Å². The molecule has 129 heavy (non-hydrogen) atoms. The largest absolute Gasteiger partial charge is 0.456 e. The van der Waals surface area contributed by atoms with Gasteiger partial charge >= 0.3 is 0 Å². The van der Waals surface area contributed by atoms with Crippen molar-refractivity contribution in [2.75, 3.05) is 0 Å². The molecular formula is C122H74N6O. The summed E-state index contributed by atoms with van der Waals surface area (Å²) in [4.78, 5) is 11.6. The van der Waals surface area contributed by atoms with Crippen molar-refractivity contribution in [2.24, 2.45) is 0 Å². The maximum Gasteiger partial charge on any atom is 0.235 e. The first-order valence-corrected chi connectivity index (χ1v) is 44.5. The molecule has 20 aromatic carbocycles.